The van der Waals surface area contributed by atoms with Gasteiger partial charge in [0.2, 0.25) is 5.69 Å². The first-order chi connectivity index (χ1) is 9.65. The highest BCUT2D eigenvalue weighted by molar-refractivity contribution is 5.81. The summed E-state index contributed by atoms with van der Waals surface area (Å²) in [6.07, 6.45) is 2.20. The zero-order valence-electron chi connectivity index (χ0n) is 12.3. The van der Waals surface area contributed by atoms with Gasteiger partial charge in [-0.05, 0) is 31.5 Å². The number of hydrogen-bond donors (Lipinski definition) is 0. The van der Waals surface area contributed by atoms with Crippen molar-refractivity contribution in [3.63, 3.8) is 0 Å². The van der Waals surface area contributed by atoms with Crippen molar-refractivity contribution < 1.29 is 9.31 Å². The predicted molar refractivity (Wildman–Crippen MR) is 82.4 cm³/mol. The molecule has 1 unspecified atom stereocenters. The van der Waals surface area contributed by atoms with E-state index in [-0.39, 0.29) is 0 Å². The lowest BCUT2D eigenvalue weighted by Gasteiger charge is -2.11. The van der Waals surface area contributed by atoms with E-state index in [0.29, 0.717) is 12.6 Å². The summed E-state index contributed by atoms with van der Waals surface area (Å²) in [6.45, 7) is 7.19. The van der Waals surface area contributed by atoms with E-state index in [2.05, 4.69) is 61.9 Å². The normalized spacial score (nSPS) is 17.8. The molecule has 0 N–H and O–H groups in total. The first-order valence-corrected chi connectivity index (χ1v) is 7.07. The van der Waals surface area contributed by atoms with Crippen molar-refractivity contribution in [2.75, 3.05) is 6.61 Å². The molecular formula is C18H20NO+. The molecule has 0 radical (unpaired) electrons. The molecule has 2 heteroatoms. The van der Waals surface area contributed by atoms with Gasteiger partial charge in [-0.2, -0.15) is 4.58 Å². The summed E-state index contributed by atoms with van der Waals surface area (Å²) < 4.78 is 8.24. The van der Waals surface area contributed by atoms with E-state index in [4.69, 9.17) is 4.74 Å². The summed E-state index contributed by atoms with van der Waals surface area (Å²) >= 11 is 0. The predicted octanol–water partition coefficient (Wildman–Crippen LogP) is 3.85. The zero-order chi connectivity index (χ0) is 14.1. The van der Waals surface area contributed by atoms with Crippen molar-refractivity contribution in [1.29, 1.82) is 0 Å². The number of nitrogens with zero attached hydrogens (tertiary/aromatic N) is 1. The summed E-state index contributed by atoms with van der Waals surface area (Å²) in [6, 6.07) is 15.1. The van der Waals surface area contributed by atoms with Crippen LogP contribution in [0.4, 0.5) is 5.69 Å². The fraction of sp³-hybridized carbons (Fsp3) is 0.278. The van der Waals surface area contributed by atoms with Crippen molar-refractivity contribution in [3.8, 4) is 5.75 Å². The fourth-order valence-electron chi connectivity index (χ4n) is 2.59. The lowest BCUT2D eigenvalue weighted by atomic mass is 10.1. The Morgan fingerprint density at radius 1 is 1.10 bits per heavy atom. The van der Waals surface area contributed by atoms with Crippen molar-refractivity contribution in [3.05, 3.63) is 59.2 Å². The van der Waals surface area contributed by atoms with Crippen molar-refractivity contribution >= 4 is 11.9 Å². The van der Waals surface area contributed by atoms with Gasteiger partial charge in [-0.1, -0.05) is 24.3 Å². The molecule has 1 aliphatic heterocycles. The van der Waals surface area contributed by atoms with Crippen LogP contribution in [0.1, 0.15) is 23.6 Å². The van der Waals surface area contributed by atoms with E-state index in [0.717, 1.165) is 11.3 Å². The molecule has 1 heterocycles. The van der Waals surface area contributed by atoms with Crippen LogP contribution in [0.15, 0.2) is 42.5 Å². The van der Waals surface area contributed by atoms with Crippen molar-refractivity contribution in [2.24, 2.45) is 0 Å². The molecular weight excluding hydrogens is 246 g/mol. The molecule has 0 fully saturated rings. The zero-order valence-corrected chi connectivity index (χ0v) is 12.3. The number of rotatable bonds is 1. The monoisotopic (exact) mass is 266 g/mol. The lowest BCUT2D eigenvalue weighted by molar-refractivity contribution is -0.477. The van der Waals surface area contributed by atoms with Crippen molar-refractivity contribution in [1.82, 2.24) is 0 Å². The molecule has 0 amide bonds. The summed E-state index contributed by atoms with van der Waals surface area (Å²) in [4.78, 5) is 0. The largest absolute Gasteiger partial charge is 0.486 e. The van der Waals surface area contributed by atoms with E-state index in [1.165, 1.54) is 16.8 Å². The second kappa shape index (κ2) is 5.12. The molecule has 0 bridgehead atoms. The van der Waals surface area contributed by atoms with Crippen LogP contribution in [0.25, 0.3) is 0 Å². The summed E-state index contributed by atoms with van der Waals surface area (Å²) in [5.74, 6) is 0.965. The van der Waals surface area contributed by atoms with E-state index >= 15 is 0 Å². The van der Waals surface area contributed by atoms with E-state index in [1.807, 2.05) is 12.1 Å². The number of benzene rings is 2. The number of para-hydroxylation sites is 1. The van der Waals surface area contributed by atoms with Gasteiger partial charge in [0.25, 0.3) is 0 Å². The maximum absolute atomic E-state index is 5.91. The number of aryl methyl sites for hydroxylation is 2. The van der Waals surface area contributed by atoms with Crippen molar-refractivity contribution in [2.45, 2.75) is 26.8 Å². The highest BCUT2D eigenvalue weighted by atomic mass is 16.5. The second-order valence-corrected chi connectivity index (χ2v) is 5.52. The van der Waals surface area contributed by atoms with Crippen LogP contribution in [0, 0.1) is 13.8 Å². The summed E-state index contributed by atoms with van der Waals surface area (Å²) in [5, 5.41) is 0. The molecule has 1 aliphatic rings. The smallest absolute Gasteiger partial charge is 0.208 e. The highest BCUT2D eigenvalue weighted by Crippen LogP contribution is 2.26. The van der Waals surface area contributed by atoms with Crippen LogP contribution >= 0.6 is 0 Å². The topological polar surface area (TPSA) is 12.2 Å². The molecule has 2 aromatic carbocycles. The second-order valence-electron chi connectivity index (χ2n) is 5.52. The standard InChI is InChI=1S/C18H20NO/c1-13-8-9-14(2)17(10-13)19-11-16-6-4-5-7-18(16)20-12-15(19)3/h4-11,15H,12H2,1-3H3/q+1. The minimum Gasteiger partial charge on any atom is -0.486 e. The Balaban J connectivity index is 2.15. The van der Waals surface area contributed by atoms with E-state index in [1.54, 1.807) is 0 Å². The van der Waals surface area contributed by atoms with Crippen LogP contribution in [-0.2, 0) is 0 Å². The van der Waals surface area contributed by atoms with Crippen LogP contribution < -0.4 is 4.74 Å². The van der Waals surface area contributed by atoms with Gasteiger partial charge >= 0.3 is 0 Å². The van der Waals surface area contributed by atoms with Gasteiger partial charge < -0.3 is 4.74 Å². The van der Waals surface area contributed by atoms with Gasteiger partial charge in [0.15, 0.2) is 12.3 Å². The Hall–Kier alpha value is -2.09. The molecule has 0 saturated carbocycles. The molecule has 102 valence electrons. The molecule has 0 aliphatic carbocycles. The Morgan fingerprint density at radius 2 is 1.90 bits per heavy atom. The molecule has 2 aromatic rings. The molecule has 3 rings (SSSR count). The maximum Gasteiger partial charge on any atom is 0.208 e. The highest BCUT2D eigenvalue weighted by Gasteiger charge is 2.25. The third-order valence-electron chi connectivity index (χ3n) is 3.79. The van der Waals surface area contributed by atoms with Gasteiger partial charge in [-0.25, -0.2) is 0 Å². The minimum atomic E-state index is 0.308. The first kappa shape index (κ1) is 12.9. The summed E-state index contributed by atoms with van der Waals surface area (Å²) in [5.41, 5.74) is 4.97. The molecule has 0 aromatic heterocycles. The van der Waals surface area contributed by atoms with E-state index in [9.17, 15) is 0 Å². The maximum atomic E-state index is 5.91. The van der Waals surface area contributed by atoms with Gasteiger partial charge in [0, 0.05) is 18.6 Å². The Morgan fingerprint density at radius 3 is 2.75 bits per heavy atom. The average Bonchev–Trinajstić information content (AvgIpc) is 2.61. The Labute approximate surface area is 120 Å². The van der Waals surface area contributed by atoms with E-state index < -0.39 is 0 Å². The number of fused-ring (bicyclic) bond motifs is 1. The lowest BCUT2D eigenvalue weighted by Crippen LogP contribution is -2.25. The molecule has 1 atom stereocenters. The number of ether oxygens (including phenoxy) is 1. The van der Waals surface area contributed by atoms with Crippen LogP contribution in [0.3, 0.4) is 0 Å². The van der Waals surface area contributed by atoms with Gasteiger partial charge in [0.1, 0.15) is 12.4 Å². The average molecular weight is 266 g/mol. The molecule has 0 saturated heterocycles. The Kier molecular flexibility index (Phi) is 3.31. The quantitative estimate of drug-likeness (QED) is 0.714. The first-order valence-electron chi connectivity index (χ1n) is 7.07. The Bertz CT molecular complexity index is 673. The number of hydrogen-bond acceptors (Lipinski definition) is 1. The molecule has 2 nitrogen and oxygen atoms in total. The van der Waals surface area contributed by atoms with Crippen LogP contribution in [-0.4, -0.2) is 23.4 Å². The van der Waals surface area contributed by atoms with Gasteiger partial charge in [0.05, 0.1) is 5.56 Å². The van der Waals surface area contributed by atoms with Crippen LogP contribution in [0.2, 0.25) is 0 Å². The molecule has 20 heavy (non-hydrogen) atoms. The minimum absolute atomic E-state index is 0.308. The molecule has 0 spiro atoms. The van der Waals surface area contributed by atoms with Crippen LogP contribution in [0.5, 0.6) is 5.75 Å². The van der Waals surface area contributed by atoms with Gasteiger partial charge in [-0.3, -0.25) is 0 Å². The van der Waals surface area contributed by atoms with Gasteiger partial charge in [-0.15, -0.1) is 0 Å². The fourth-order valence-corrected chi connectivity index (χ4v) is 2.59. The third-order valence-corrected chi connectivity index (χ3v) is 3.79. The SMILES string of the molecule is Cc1ccc(C)c([N+]2=Cc3ccccc3OCC2C)c1. The summed E-state index contributed by atoms with van der Waals surface area (Å²) in [7, 11) is 0. The third kappa shape index (κ3) is 2.34.